The number of carbonyl (C=O) groups is 1. The third-order valence-corrected chi connectivity index (χ3v) is 5.15. The summed E-state index contributed by atoms with van der Waals surface area (Å²) in [6.07, 6.45) is 1.86. The first-order valence-electron chi connectivity index (χ1n) is 9.75. The molecule has 0 radical (unpaired) electrons. The Kier molecular flexibility index (Phi) is 7.29. The fourth-order valence-corrected chi connectivity index (χ4v) is 3.45. The summed E-state index contributed by atoms with van der Waals surface area (Å²) in [6, 6.07) is 10.5. The van der Waals surface area contributed by atoms with E-state index >= 15 is 0 Å². The number of nitrogens with zero attached hydrogens (tertiary/aromatic N) is 2. The van der Waals surface area contributed by atoms with E-state index in [4.69, 9.17) is 9.47 Å². The highest BCUT2D eigenvalue weighted by molar-refractivity contribution is 5.80. The first-order chi connectivity index (χ1) is 12.7. The minimum Gasteiger partial charge on any atom is -0.376 e. The summed E-state index contributed by atoms with van der Waals surface area (Å²) in [7, 11) is 0. The van der Waals surface area contributed by atoms with Crippen molar-refractivity contribution in [2.45, 2.75) is 32.0 Å². The Balaban J connectivity index is 1.28. The summed E-state index contributed by atoms with van der Waals surface area (Å²) in [6.45, 7) is 8.78. The number of hydrogen-bond acceptors (Lipinski definition) is 5. The number of anilines is 1. The predicted octanol–water partition coefficient (Wildman–Crippen LogP) is 1.51. The Hall–Kier alpha value is -1.63. The maximum absolute atomic E-state index is 12.1. The molecule has 144 valence electrons. The molecule has 1 N–H and O–H groups in total. The van der Waals surface area contributed by atoms with Crippen molar-refractivity contribution in [3.05, 3.63) is 30.3 Å². The molecular weight excluding hydrogens is 330 g/mol. The Labute approximate surface area is 156 Å². The van der Waals surface area contributed by atoms with Gasteiger partial charge in [0.15, 0.2) is 0 Å². The molecule has 2 atom stereocenters. The number of rotatable bonds is 8. The van der Waals surface area contributed by atoms with Crippen LogP contribution in [0.4, 0.5) is 5.69 Å². The van der Waals surface area contributed by atoms with E-state index in [9.17, 15) is 4.79 Å². The molecule has 0 aliphatic carbocycles. The highest BCUT2D eigenvalue weighted by atomic mass is 16.5. The van der Waals surface area contributed by atoms with E-state index in [1.54, 1.807) is 0 Å². The van der Waals surface area contributed by atoms with E-state index in [2.05, 4.69) is 39.4 Å². The average molecular weight is 361 g/mol. The summed E-state index contributed by atoms with van der Waals surface area (Å²) in [5.74, 6) is -0.0362. The molecule has 6 nitrogen and oxygen atoms in total. The second-order valence-corrected chi connectivity index (χ2v) is 7.07. The molecular formula is C20H31N3O3. The second kappa shape index (κ2) is 9.90. The van der Waals surface area contributed by atoms with Gasteiger partial charge in [-0.3, -0.25) is 9.69 Å². The van der Waals surface area contributed by atoms with Gasteiger partial charge >= 0.3 is 0 Å². The second-order valence-electron chi connectivity index (χ2n) is 7.07. The number of benzene rings is 1. The van der Waals surface area contributed by atoms with Gasteiger partial charge in [-0.05, 0) is 31.9 Å². The summed E-state index contributed by atoms with van der Waals surface area (Å²) in [5, 5.41) is 2.99. The van der Waals surface area contributed by atoms with Crippen LogP contribution in [-0.4, -0.2) is 75.5 Å². The van der Waals surface area contributed by atoms with Crippen molar-refractivity contribution in [3.63, 3.8) is 0 Å². The van der Waals surface area contributed by atoms with Gasteiger partial charge in [-0.15, -0.1) is 0 Å². The highest BCUT2D eigenvalue weighted by Crippen LogP contribution is 2.15. The maximum Gasteiger partial charge on any atom is 0.248 e. The lowest BCUT2D eigenvalue weighted by molar-refractivity contribution is -0.133. The van der Waals surface area contributed by atoms with Gasteiger partial charge in [0.05, 0.1) is 12.7 Å². The number of hydrogen-bond donors (Lipinski definition) is 1. The third kappa shape index (κ3) is 5.69. The van der Waals surface area contributed by atoms with Crippen molar-refractivity contribution in [2.24, 2.45) is 0 Å². The zero-order chi connectivity index (χ0) is 18.2. The molecule has 0 bridgehead atoms. The first kappa shape index (κ1) is 19.1. The van der Waals surface area contributed by atoms with Crippen molar-refractivity contribution in [2.75, 3.05) is 57.4 Å². The summed E-state index contributed by atoms with van der Waals surface area (Å²) >= 11 is 0. The molecule has 3 rings (SSSR count). The Bertz CT molecular complexity index is 540. The minimum absolute atomic E-state index is 0.0362. The van der Waals surface area contributed by atoms with Crippen LogP contribution in [0.15, 0.2) is 30.3 Å². The van der Waals surface area contributed by atoms with E-state index in [0.29, 0.717) is 13.2 Å². The number of carbonyl (C=O) groups excluding carboxylic acids is 1. The molecule has 1 aromatic carbocycles. The topological polar surface area (TPSA) is 54.0 Å². The van der Waals surface area contributed by atoms with Crippen molar-refractivity contribution in [3.8, 4) is 0 Å². The molecule has 0 spiro atoms. The van der Waals surface area contributed by atoms with Gasteiger partial charge < -0.3 is 19.7 Å². The zero-order valence-electron chi connectivity index (χ0n) is 15.7. The summed E-state index contributed by atoms with van der Waals surface area (Å²) in [4.78, 5) is 16.9. The van der Waals surface area contributed by atoms with Crippen LogP contribution in [-0.2, 0) is 14.3 Å². The lowest BCUT2D eigenvalue weighted by Gasteiger charge is -2.36. The Morgan fingerprint density at radius 1 is 1.27 bits per heavy atom. The van der Waals surface area contributed by atoms with Crippen molar-refractivity contribution < 1.29 is 14.3 Å². The molecule has 0 saturated carbocycles. The van der Waals surface area contributed by atoms with Crippen LogP contribution in [0.25, 0.3) is 0 Å². The van der Waals surface area contributed by atoms with E-state index in [1.165, 1.54) is 5.69 Å². The standard InChI is InChI=1S/C20H31N3O3/c1-17(26-16-19-8-5-15-25-19)20(24)21-9-10-22-11-13-23(14-12-22)18-6-3-2-4-7-18/h2-4,6-7,17,19H,5,8-16H2,1H3,(H,21,24). The molecule has 2 aliphatic heterocycles. The fourth-order valence-electron chi connectivity index (χ4n) is 3.45. The normalized spacial score (nSPS) is 22.3. The van der Waals surface area contributed by atoms with Gasteiger partial charge in [0, 0.05) is 51.6 Å². The molecule has 0 aromatic heterocycles. The number of para-hydroxylation sites is 1. The van der Waals surface area contributed by atoms with Gasteiger partial charge in [0.1, 0.15) is 6.10 Å². The maximum atomic E-state index is 12.1. The number of ether oxygens (including phenoxy) is 2. The van der Waals surface area contributed by atoms with Crippen LogP contribution in [0.3, 0.4) is 0 Å². The van der Waals surface area contributed by atoms with Gasteiger partial charge in [-0.2, -0.15) is 0 Å². The van der Waals surface area contributed by atoms with Crippen LogP contribution >= 0.6 is 0 Å². The van der Waals surface area contributed by atoms with E-state index in [1.807, 2.05) is 13.0 Å². The molecule has 2 aliphatic rings. The third-order valence-electron chi connectivity index (χ3n) is 5.15. The van der Waals surface area contributed by atoms with E-state index in [0.717, 1.165) is 52.2 Å². The largest absolute Gasteiger partial charge is 0.376 e. The average Bonchev–Trinajstić information content (AvgIpc) is 3.21. The van der Waals surface area contributed by atoms with E-state index in [-0.39, 0.29) is 12.0 Å². The van der Waals surface area contributed by atoms with Gasteiger partial charge in [-0.1, -0.05) is 18.2 Å². The summed E-state index contributed by atoms with van der Waals surface area (Å²) < 4.78 is 11.2. The van der Waals surface area contributed by atoms with Crippen LogP contribution in [0.2, 0.25) is 0 Å². The first-order valence-corrected chi connectivity index (χ1v) is 9.75. The van der Waals surface area contributed by atoms with Crippen molar-refractivity contribution in [1.29, 1.82) is 0 Å². The molecule has 26 heavy (non-hydrogen) atoms. The number of piperazine rings is 1. The quantitative estimate of drug-likeness (QED) is 0.761. The monoisotopic (exact) mass is 361 g/mol. The molecule has 1 amide bonds. The van der Waals surface area contributed by atoms with Crippen molar-refractivity contribution >= 4 is 11.6 Å². The number of nitrogens with one attached hydrogen (secondary N) is 1. The molecule has 6 heteroatoms. The van der Waals surface area contributed by atoms with Gasteiger partial charge in [0.2, 0.25) is 5.91 Å². The molecule has 2 unspecified atom stereocenters. The van der Waals surface area contributed by atoms with E-state index < -0.39 is 6.10 Å². The van der Waals surface area contributed by atoms with Gasteiger partial charge in [0.25, 0.3) is 0 Å². The predicted molar refractivity (Wildman–Crippen MR) is 102 cm³/mol. The molecule has 1 aromatic rings. The summed E-state index contributed by atoms with van der Waals surface area (Å²) in [5.41, 5.74) is 1.29. The minimum atomic E-state index is -0.422. The SMILES string of the molecule is CC(OCC1CCCO1)C(=O)NCCN1CCN(c2ccccc2)CC1. The molecule has 2 fully saturated rings. The van der Waals surface area contributed by atoms with Crippen molar-refractivity contribution in [1.82, 2.24) is 10.2 Å². The van der Waals surface area contributed by atoms with Crippen LogP contribution in [0, 0.1) is 0 Å². The smallest absolute Gasteiger partial charge is 0.248 e. The van der Waals surface area contributed by atoms with Crippen LogP contribution in [0.1, 0.15) is 19.8 Å². The fraction of sp³-hybridized carbons (Fsp3) is 0.650. The highest BCUT2D eigenvalue weighted by Gasteiger charge is 2.20. The Morgan fingerprint density at radius 2 is 2.04 bits per heavy atom. The number of amides is 1. The van der Waals surface area contributed by atoms with Gasteiger partial charge in [-0.25, -0.2) is 0 Å². The lowest BCUT2D eigenvalue weighted by atomic mass is 10.2. The lowest BCUT2D eigenvalue weighted by Crippen LogP contribution is -2.49. The molecule has 2 heterocycles. The van der Waals surface area contributed by atoms with Crippen LogP contribution < -0.4 is 10.2 Å². The van der Waals surface area contributed by atoms with Crippen LogP contribution in [0.5, 0.6) is 0 Å². The molecule has 2 saturated heterocycles. The zero-order valence-corrected chi connectivity index (χ0v) is 15.7. The Morgan fingerprint density at radius 3 is 2.73 bits per heavy atom.